The van der Waals surface area contributed by atoms with E-state index in [0.717, 1.165) is 29.4 Å². The second-order valence-electron chi connectivity index (χ2n) is 6.17. The van der Waals surface area contributed by atoms with Gasteiger partial charge in [0.2, 0.25) is 0 Å². The van der Waals surface area contributed by atoms with E-state index in [0.29, 0.717) is 6.04 Å². The zero-order chi connectivity index (χ0) is 14.9. The Morgan fingerprint density at radius 3 is 2.86 bits per heavy atom. The molecule has 1 aromatic carbocycles. The molecule has 4 heteroatoms. The second-order valence-corrected chi connectivity index (χ2v) is 6.17. The SMILES string of the molecule is Cc1cc2c(NC(Cc3ccccc3)C3CC3)nccn2n1. The number of hydrogen-bond acceptors (Lipinski definition) is 3. The summed E-state index contributed by atoms with van der Waals surface area (Å²) in [6.07, 6.45) is 7.38. The molecule has 0 saturated heterocycles. The summed E-state index contributed by atoms with van der Waals surface area (Å²) in [6.45, 7) is 2.01. The maximum absolute atomic E-state index is 4.54. The van der Waals surface area contributed by atoms with Gasteiger partial charge in [0.25, 0.3) is 0 Å². The predicted octanol–water partition coefficient (Wildman–Crippen LogP) is 3.47. The third-order valence-corrected chi connectivity index (χ3v) is 4.32. The molecule has 3 aromatic rings. The first-order chi connectivity index (χ1) is 10.8. The highest BCUT2D eigenvalue weighted by Gasteiger charge is 2.31. The van der Waals surface area contributed by atoms with Crippen molar-refractivity contribution in [2.75, 3.05) is 5.32 Å². The van der Waals surface area contributed by atoms with E-state index in [1.807, 2.05) is 23.8 Å². The van der Waals surface area contributed by atoms with E-state index in [1.54, 1.807) is 0 Å². The molecule has 1 atom stereocenters. The number of anilines is 1. The van der Waals surface area contributed by atoms with E-state index in [-0.39, 0.29) is 0 Å². The predicted molar refractivity (Wildman–Crippen MR) is 88.0 cm³/mol. The molecule has 1 N–H and O–H groups in total. The summed E-state index contributed by atoms with van der Waals surface area (Å²) in [4.78, 5) is 4.54. The minimum Gasteiger partial charge on any atom is -0.365 e. The molecule has 4 rings (SSSR count). The fourth-order valence-electron chi connectivity index (χ4n) is 3.03. The first-order valence-corrected chi connectivity index (χ1v) is 7.91. The second kappa shape index (κ2) is 5.44. The van der Waals surface area contributed by atoms with Gasteiger partial charge < -0.3 is 5.32 Å². The van der Waals surface area contributed by atoms with Crippen molar-refractivity contribution in [3.8, 4) is 0 Å². The number of nitrogens with one attached hydrogen (secondary N) is 1. The van der Waals surface area contributed by atoms with Gasteiger partial charge in [-0.15, -0.1) is 0 Å². The lowest BCUT2D eigenvalue weighted by Gasteiger charge is -2.19. The molecule has 1 aliphatic carbocycles. The fraction of sp³-hybridized carbons (Fsp3) is 0.333. The number of rotatable bonds is 5. The van der Waals surface area contributed by atoms with Gasteiger partial charge in [-0.3, -0.25) is 0 Å². The highest BCUT2D eigenvalue weighted by molar-refractivity contribution is 5.68. The first-order valence-electron chi connectivity index (χ1n) is 7.91. The van der Waals surface area contributed by atoms with Crippen LogP contribution in [0.4, 0.5) is 5.82 Å². The monoisotopic (exact) mass is 292 g/mol. The molecule has 0 aliphatic heterocycles. The summed E-state index contributed by atoms with van der Waals surface area (Å²) in [7, 11) is 0. The van der Waals surface area contributed by atoms with Gasteiger partial charge in [-0.2, -0.15) is 5.10 Å². The zero-order valence-corrected chi connectivity index (χ0v) is 12.7. The van der Waals surface area contributed by atoms with Crippen LogP contribution in [0.5, 0.6) is 0 Å². The highest BCUT2D eigenvalue weighted by atomic mass is 15.2. The highest BCUT2D eigenvalue weighted by Crippen LogP contribution is 2.36. The van der Waals surface area contributed by atoms with Crippen LogP contribution >= 0.6 is 0 Å². The number of nitrogens with zero attached hydrogens (tertiary/aromatic N) is 3. The fourth-order valence-corrected chi connectivity index (χ4v) is 3.03. The van der Waals surface area contributed by atoms with Crippen LogP contribution in [0.2, 0.25) is 0 Å². The van der Waals surface area contributed by atoms with Gasteiger partial charge in [0.05, 0.1) is 5.69 Å². The van der Waals surface area contributed by atoms with Crippen LogP contribution in [0.15, 0.2) is 48.8 Å². The molecule has 1 fully saturated rings. The lowest BCUT2D eigenvalue weighted by molar-refractivity contribution is 0.630. The minimum absolute atomic E-state index is 0.441. The largest absolute Gasteiger partial charge is 0.365 e. The van der Waals surface area contributed by atoms with Crippen molar-refractivity contribution >= 4 is 11.3 Å². The Balaban J connectivity index is 1.61. The maximum atomic E-state index is 4.54. The molecule has 1 unspecified atom stereocenters. The van der Waals surface area contributed by atoms with Gasteiger partial charge in [-0.25, -0.2) is 9.50 Å². The van der Waals surface area contributed by atoms with Crippen molar-refractivity contribution in [3.63, 3.8) is 0 Å². The number of hydrogen-bond donors (Lipinski definition) is 1. The Hall–Kier alpha value is -2.36. The summed E-state index contributed by atoms with van der Waals surface area (Å²) in [5, 5.41) is 8.14. The Labute approximate surface area is 130 Å². The number of fused-ring (bicyclic) bond motifs is 1. The molecule has 0 radical (unpaired) electrons. The molecule has 1 aliphatic rings. The lowest BCUT2D eigenvalue weighted by atomic mass is 10.0. The quantitative estimate of drug-likeness (QED) is 0.783. The van der Waals surface area contributed by atoms with Crippen LogP contribution in [-0.4, -0.2) is 20.6 Å². The third-order valence-electron chi connectivity index (χ3n) is 4.32. The summed E-state index contributed by atoms with van der Waals surface area (Å²) in [5.74, 6) is 1.70. The topological polar surface area (TPSA) is 42.2 Å². The molecular formula is C18H20N4. The Morgan fingerprint density at radius 2 is 2.09 bits per heavy atom. The Morgan fingerprint density at radius 1 is 1.27 bits per heavy atom. The molecular weight excluding hydrogens is 272 g/mol. The summed E-state index contributed by atoms with van der Waals surface area (Å²) in [6, 6.07) is 13.2. The van der Waals surface area contributed by atoms with Crippen LogP contribution < -0.4 is 5.32 Å². The van der Waals surface area contributed by atoms with E-state index >= 15 is 0 Å². The van der Waals surface area contributed by atoms with Crippen LogP contribution in [0.1, 0.15) is 24.1 Å². The first kappa shape index (κ1) is 13.3. The van der Waals surface area contributed by atoms with Gasteiger partial charge in [0.15, 0.2) is 5.82 Å². The van der Waals surface area contributed by atoms with Crippen molar-refractivity contribution in [2.24, 2.45) is 5.92 Å². The van der Waals surface area contributed by atoms with E-state index in [4.69, 9.17) is 0 Å². The molecule has 0 spiro atoms. The molecule has 2 aromatic heterocycles. The summed E-state index contributed by atoms with van der Waals surface area (Å²) in [5.41, 5.74) is 3.45. The van der Waals surface area contributed by atoms with Gasteiger partial charge >= 0.3 is 0 Å². The van der Waals surface area contributed by atoms with Gasteiger partial charge in [0, 0.05) is 18.4 Å². The molecule has 4 nitrogen and oxygen atoms in total. The average molecular weight is 292 g/mol. The van der Waals surface area contributed by atoms with Crippen molar-refractivity contribution in [1.29, 1.82) is 0 Å². The number of aryl methyl sites for hydroxylation is 1. The van der Waals surface area contributed by atoms with E-state index < -0.39 is 0 Å². The zero-order valence-electron chi connectivity index (χ0n) is 12.7. The normalized spacial score (nSPS) is 15.9. The maximum Gasteiger partial charge on any atom is 0.152 e. The summed E-state index contributed by atoms with van der Waals surface area (Å²) >= 11 is 0. The van der Waals surface area contributed by atoms with E-state index in [2.05, 4.69) is 51.8 Å². The summed E-state index contributed by atoms with van der Waals surface area (Å²) < 4.78 is 1.90. The molecule has 22 heavy (non-hydrogen) atoms. The van der Waals surface area contributed by atoms with E-state index in [9.17, 15) is 0 Å². The molecule has 0 amide bonds. The van der Waals surface area contributed by atoms with Crippen molar-refractivity contribution < 1.29 is 0 Å². The van der Waals surface area contributed by atoms with Crippen molar-refractivity contribution in [3.05, 3.63) is 60.0 Å². The molecule has 1 saturated carbocycles. The van der Waals surface area contributed by atoms with Gasteiger partial charge in [-0.1, -0.05) is 30.3 Å². The Kier molecular flexibility index (Phi) is 3.29. The van der Waals surface area contributed by atoms with Crippen LogP contribution in [0, 0.1) is 12.8 Å². The number of aromatic nitrogens is 3. The van der Waals surface area contributed by atoms with Crippen LogP contribution in [0.3, 0.4) is 0 Å². The van der Waals surface area contributed by atoms with Crippen LogP contribution in [-0.2, 0) is 6.42 Å². The molecule has 0 bridgehead atoms. The van der Waals surface area contributed by atoms with E-state index in [1.165, 1.54) is 18.4 Å². The minimum atomic E-state index is 0.441. The van der Waals surface area contributed by atoms with Crippen molar-refractivity contribution in [2.45, 2.75) is 32.2 Å². The molecule has 112 valence electrons. The number of benzene rings is 1. The van der Waals surface area contributed by atoms with Gasteiger partial charge in [-0.05, 0) is 43.7 Å². The standard InChI is InChI=1S/C18H20N4/c1-13-11-17-18(19-9-10-22(17)21-13)20-16(15-7-8-15)12-14-5-3-2-4-6-14/h2-6,9-11,15-16H,7-8,12H2,1H3,(H,19,20). The molecule has 2 heterocycles. The smallest absolute Gasteiger partial charge is 0.152 e. The average Bonchev–Trinajstić information content (AvgIpc) is 3.29. The van der Waals surface area contributed by atoms with Crippen molar-refractivity contribution in [1.82, 2.24) is 14.6 Å². The van der Waals surface area contributed by atoms with Crippen LogP contribution in [0.25, 0.3) is 5.52 Å². The Bertz CT molecular complexity index is 774. The lowest BCUT2D eigenvalue weighted by Crippen LogP contribution is -2.25. The van der Waals surface area contributed by atoms with Gasteiger partial charge in [0.1, 0.15) is 5.52 Å². The third kappa shape index (κ3) is 2.69.